The van der Waals surface area contributed by atoms with Crippen LogP contribution in [0, 0.1) is 0 Å². The summed E-state index contributed by atoms with van der Waals surface area (Å²) in [7, 11) is 0. The van der Waals surface area contributed by atoms with Gasteiger partial charge in [-0.05, 0) is 102 Å². The molecule has 3 amide bonds. The summed E-state index contributed by atoms with van der Waals surface area (Å²) in [5.41, 5.74) is 3.05. The molecule has 0 bridgehead atoms. The van der Waals surface area contributed by atoms with Gasteiger partial charge in [-0.15, -0.1) is 0 Å². The van der Waals surface area contributed by atoms with Crippen LogP contribution in [0.2, 0.25) is 0 Å². The average molecular weight is 551 g/mol. The molecule has 0 spiro atoms. The van der Waals surface area contributed by atoms with Crippen LogP contribution in [-0.2, 0) is 15.9 Å². The van der Waals surface area contributed by atoms with Crippen LogP contribution < -0.4 is 16.0 Å². The van der Waals surface area contributed by atoms with Crippen molar-refractivity contribution < 1.29 is 23.9 Å². The summed E-state index contributed by atoms with van der Waals surface area (Å²) >= 11 is 0. The molecule has 9 nitrogen and oxygen atoms in total. The number of anilines is 1. The first kappa shape index (κ1) is 32.1. The number of carbonyl (C=O) groups is 3. The van der Waals surface area contributed by atoms with Gasteiger partial charge in [0.05, 0.1) is 0 Å². The molecule has 0 unspecified atom stereocenters. The zero-order valence-electron chi connectivity index (χ0n) is 24.8. The fraction of sp³-hybridized carbons (Fsp3) is 0.419. The summed E-state index contributed by atoms with van der Waals surface area (Å²) in [4.78, 5) is 41.4. The number of nitrogens with one attached hydrogen (secondary N) is 3. The van der Waals surface area contributed by atoms with E-state index in [1.54, 1.807) is 41.5 Å². The van der Waals surface area contributed by atoms with Crippen LogP contribution in [0.3, 0.4) is 0 Å². The Morgan fingerprint density at radius 3 is 1.77 bits per heavy atom. The van der Waals surface area contributed by atoms with Gasteiger partial charge in [-0.3, -0.25) is 20.4 Å². The molecule has 216 valence electrons. The second-order valence-electron chi connectivity index (χ2n) is 11.3. The third-order valence-electron chi connectivity index (χ3n) is 5.23. The van der Waals surface area contributed by atoms with Crippen molar-refractivity contribution in [1.82, 2.24) is 10.6 Å². The number of guanidine groups is 1. The molecule has 0 saturated carbocycles. The first-order valence-corrected chi connectivity index (χ1v) is 13.4. The molecular weight excluding hydrogens is 508 g/mol. The number of nitrogens with zero attached hydrogens (tertiary/aromatic N) is 1. The second-order valence-corrected chi connectivity index (χ2v) is 11.3. The van der Waals surface area contributed by atoms with Gasteiger partial charge < -0.3 is 14.8 Å². The molecule has 0 saturated heterocycles. The lowest BCUT2D eigenvalue weighted by molar-refractivity contribution is 0.0544. The Labute approximate surface area is 237 Å². The molecule has 0 atom stereocenters. The number of rotatable bonds is 7. The second kappa shape index (κ2) is 14.3. The first-order valence-electron chi connectivity index (χ1n) is 13.4. The quantitative estimate of drug-likeness (QED) is 0.262. The van der Waals surface area contributed by atoms with Gasteiger partial charge in [-0.2, -0.15) is 0 Å². The molecule has 0 radical (unpaired) electrons. The van der Waals surface area contributed by atoms with E-state index in [2.05, 4.69) is 40.9 Å². The minimum Gasteiger partial charge on any atom is -0.444 e. The van der Waals surface area contributed by atoms with Gasteiger partial charge >= 0.3 is 12.2 Å². The van der Waals surface area contributed by atoms with Crippen LogP contribution in [0.15, 0.2) is 59.6 Å². The highest BCUT2D eigenvalue weighted by Gasteiger charge is 2.21. The molecule has 0 aliphatic heterocycles. The topological polar surface area (TPSA) is 118 Å². The smallest absolute Gasteiger partial charge is 0.414 e. The Balaban J connectivity index is 2.00. The molecule has 40 heavy (non-hydrogen) atoms. The summed E-state index contributed by atoms with van der Waals surface area (Å²) in [6.45, 7) is 14.8. The average Bonchev–Trinajstić information content (AvgIpc) is 2.83. The highest BCUT2D eigenvalue weighted by Crippen LogP contribution is 2.17. The number of carbonyl (C=O) groups excluding carboxylic acids is 3. The van der Waals surface area contributed by atoms with E-state index >= 15 is 0 Å². The molecule has 2 rings (SSSR count). The number of aliphatic imine (C=N–C) groups is 1. The fourth-order valence-corrected chi connectivity index (χ4v) is 3.47. The van der Waals surface area contributed by atoms with Crippen molar-refractivity contribution in [3.8, 4) is 0 Å². The molecule has 0 heterocycles. The molecule has 0 fully saturated rings. The number of hydrogen-bond acceptors (Lipinski definition) is 6. The van der Waals surface area contributed by atoms with Gasteiger partial charge in [0.15, 0.2) is 0 Å². The molecule has 2 aromatic carbocycles. The maximum atomic E-state index is 12.7. The van der Waals surface area contributed by atoms with E-state index in [4.69, 9.17) is 9.47 Å². The van der Waals surface area contributed by atoms with Gasteiger partial charge in [0, 0.05) is 17.8 Å². The standard InChI is InChI=1S/C31H42N4O5/c1-9-10-21(2)23-13-15-24(16-14-23)26(36)33-25-17-11-22(12-18-25)19-20-32-27(34-28(37)39-30(3,4)5)35-29(38)40-31(6,7)8/h10-18H,9,19-20H2,1-8H3,(H,33,36)(H2,32,34,35,37,38)/b21-10+. The molecule has 9 heteroatoms. The number of ether oxygens (including phenoxy) is 2. The van der Waals surface area contributed by atoms with Crippen LogP contribution in [0.5, 0.6) is 0 Å². The van der Waals surface area contributed by atoms with E-state index in [0.717, 1.165) is 17.5 Å². The Bertz CT molecular complexity index is 1190. The van der Waals surface area contributed by atoms with Gasteiger partial charge in [0.2, 0.25) is 5.96 Å². The first-order chi connectivity index (χ1) is 18.6. The van der Waals surface area contributed by atoms with Crippen molar-refractivity contribution >= 4 is 35.3 Å². The summed E-state index contributed by atoms with van der Waals surface area (Å²) in [5, 5.41) is 7.84. The van der Waals surface area contributed by atoms with E-state index in [9.17, 15) is 14.4 Å². The van der Waals surface area contributed by atoms with Gasteiger partial charge in [-0.25, -0.2) is 9.59 Å². The Kier molecular flexibility index (Phi) is 11.5. The minimum absolute atomic E-state index is 0.0706. The highest BCUT2D eigenvalue weighted by atomic mass is 16.6. The molecule has 0 aromatic heterocycles. The molecule has 0 aliphatic rings. The Morgan fingerprint density at radius 1 is 0.800 bits per heavy atom. The molecule has 0 aliphatic carbocycles. The van der Waals surface area contributed by atoms with Crippen LogP contribution in [0.1, 0.15) is 83.3 Å². The SMILES string of the molecule is CC/C=C(\C)c1ccc(C(=O)Nc2ccc(CCN=C(NC(=O)OC(C)(C)C)NC(=O)OC(C)(C)C)cc2)cc1. The normalized spacial score (nSPS) is 11.8. The number of hydrogen-bond donors (Lipinski definition) is 3. The Morgan fingerprint density at radius 2 is 1.30 bits per heavy atom. The number of alkyl carbamates (subject to hydrolysis) is 2. The lowest BCUT2D eigenvalue weighted by atomic mass is 10.0. The minimum atomic E-state index is -0.746. The van der Waals surface area contributed by atoms with E-state index < -0.39 is 23.4 Å². The van der Waals surface area contributed by atoms with Crippen molar-refractivity contribution in [2.24, 2.45) is 4.99 Å². The highest BCUT2D eigenvalue weighted by molar-refractivity contribution is 6.04. The summed E-state index contributed by atoms with van der Waals surface area (Å²) in [5.74, 6) is -0.258. The van der Waals surface area contributed by atoms with E-state index in [1.807, 2.05) is 48.5 Å². The lowest BCUT2D eigenvalue weighted by Gasteiger charge is -2.22. The van der Waals surface area contributed by atoms with Crippen molar-refractivity contribution in [3.05, 3.63) is 71.3 Å². The molecule has 3 N–H and O–H groups in total. The molecular formula is C31H42N4O5. The largest absolute Gasteiger partial charge is 0.444 e. The maximum absolute atomic E-state index is 12.7. The third-order valence-corrected chi connectivity index (χ3v) is 5.23. The van der Waals surface area contributed by atoms with E-state index in [1.165, 1.54) is 5.57 Å². The van der Waals surface area contributed by atoms with Gasteiger partial charge in [-0.1, -0.05) is 37.3 Å². The van der Waals surface area contributed by atoms with Gasteiger partial charge in [0.25, 0.3) is 5.91 Å². The Hall–Kier alpha value is -4.14. The predicted octanol–water partition coefficient (Wildman–Crippen LogP) is 6.70. The number of allylic oxidation sites excluding steroid dienone is 2. The zero-order valence-corrected chi connectivity index (χ0v) is 24.8. The van der Waals surface area contributed by atoms with E-state index in [-0.39, 0.29) is 18.4 Å². The zero-order chi connectivity index (χ0) is 29.9. The maximum Gasteiger partial charge on any atom is 0.414 e. The predicted molar refractivity (Wildman–Crippen MR) is 160 cm³/mol. The van der Waals surface area contributed by atoms with Gasteiger partial charge in [0.1, 0.15) is 11.2 Å². The van der Waals surface area contributed by atoms with Crippen LogP contribution in [-0.4, -0.2) is 41.8 Å². The summed E-state index contributed by atoms with van der Waals surface area (Å²) in [6, 6.07) is 14.9. The molecule has 2 aromatic rings. The van der Waals surface area contributed by atoms with Crippen LogP contribution in [0.4, 0.5) is 15.3 Å². The van der Waals surface area contributed by atoms with Crippen molar-refractivity contribution in [1.29, 1.82) is 0 Å². The summed E-state index contributed by atoms with van der Waals surface area (Å²) in [6.07, 6.45) is 2.14. The number of benzene rings is 2. The van der Waals surface area contributed by atoms with E-state index in [0.29, 0.717) is 17.7 Å². The number of amides is 3. The lowest BCUT2D eigenvalue weighted by Crippen LogP contribution is -2.47. The fourth-order valence-electron chi connectivity index (χ4n) is 3.47. The van der Waals surface area contributed by atoms with Crippen molar-refractivity contribution in [3.63, 3.8) is 0 Å². The van der Waals surface area contributed by atoms with Crippen LogP contribution in [0.25, 0.3) is 5.57 Å². The van der Waals surface area contributed by atoms with Crippen molar-refractivity contribution in [2.75, 3.05) is 11.9 Å². The summed E-state index contributed by atoms with van der Waals surface area (Å²) < 4.78 is 10.5. The monoisotopic (exact) mass is 550 g/mol. The third kappa shape index (κ3) is 12.1. The van der Waals surface area contributed by atoms with Crippen molar-refractivity contribution in [2.45, 2.75) is 79.4 Å². The van der Waals surface area contributed by atoms with Crippen LogP contribution >= 0.6 is 0 Å².